The number of nitrogens with one attached hydrogen (secondary N) is 1. The number of aromatic nitrogens is 2. The van der Waals surface area contributed by atoms with Crippen molar-refractivity contribution in [2.75, 3.05) is 11.4 Å². The Morgan fingerprint density at radius 3 is 2.91 bits per heavy atom. The lowest BCUT2D eigenvalue weighted by Crippen LogP contribution is -2.31. The van der Waals surface area contributed by atoms with Crippen LogP contribution in [0, 0.1) is 0 Å². The zero-order valence-electron chi connectivity index (χ0n) is 12.9. The Hall–Kier alpha value is -2.04. The molecule has 0 saturated carbocycles. The molecule has 5 heteroatoms. The number of halogens is 1. The van der Waals surface area contributed by atoms with E-state index in [0.717, 1.165) is 35.9 Å². The highest BCUT2D eigenvalue weighted by Crippen LogP contribution is 2.33. The number of hydrogen-bond donors (Lipinski definition) is 2. The smallest absolute Gasteiger partial charge is 0.129 e. The van der Waals surface area contributed by atoms with Gasteiger partial charge in [0.15, 0.2) is 0 Å². The van der Waals surface area contributed by atoms with Gasteiger partial charge < -0.3 is 15.0 Å². The predicted molar refractivity (Wildman–Crippen MR) is 92.9 cm³/mol. The molecule has 118 valence electrons. The highest BCUT2D eigenvalue weighted by molar-refractivity contribution is 6.35. The van der Waals surface area contributed by atoms with Crippen LogP contribution in [-0.4, -0.2) is 21.6 Å². The topological polar surface area (TPSA) is 52.1 Å². The molecule has 1 unspecified atom stereocenters. The molecule has 4 rings (SSSR count). The molecule has 1 aliphatic rings. The van der Waals surface area contributed by atoms with E-state index >= 15 is 0 Å². The third-order valence-corrected chi connectivity index (χ3v) is 4.78. The van der Waals surface area contributed by atoms with Crippen molar-refractivity contribution >= 4 is 28.3 Å². The predicted octanol–water partition coefficient (Wildman–Crippen LogP) is 3.83. The summed E-state index contributed by atoms with van der Waals surface area (Å²) in [6.45, 7) is 3.43. The number of pyridine rings is 1. The maximum absolute atomic E-state index is 9.74. The molecule has 0 aliphatic carbocycles. The van der Waals surface area contributed by atoms with Gasteiger partial charge in [-0.3, -0.25) is 0 Å². The monoisotopic (exact) mass is 327 g/mol. The van der Waals surface area contributed by atoms with Crippen molar-refractivity contribution < 1.29 is 5.11 Å². The summed E-state index contributed by atoms with van der Waals surface area (Å²) in [4.78, 5) is 10.3. The summed E-state index contributed by atoms with van der Waals surface area (Å²) in [6, 6.07) is 11.8. The Balaban J connectivity index is 1.72. The number of aliphatic hydroxyl groups excluding tert-OH is 1. The summed E-state index contributed by atoms with van der Waals surface area (Å²) in [5.41, 5.74) is 4.27. The first kappa shape index (κ1) is 14.5. The minimum Gasteiger partial charge on any atom is -0.387 e. The molecule has 2 aromatic heterocycles. The number of para-hydroxylation sites is 1. The molecule has 0 fully saturated rings. The standard InChI is InChI=1S/C18H18ClN3O/c1-11(23)15-6-3-7-17(20-15)22-9-8-16-13(10-22)12-4-2-5-14(19)18(12)21-16/h2-7,11,21,23H,8-10H2,1H3. The van der Waals surface area contributed by atoms with E-state index in [4.69, 9.17) is 11.6 Å². The Bertz CT molecular complexity index is 872. The van der Waals surface area contributed by atoms with Crippen LogP contribution in [0.25, 0.3) is 10.9 Å². The van der Waals surface area contributed by atoms with Crippen molar-refractivity contribution in [1.29, 1.82) is 0 Å². The number of benzene rings is 1. The second-order valence-electron chi connectivity index (χ2n) is 6.01. The van der Waals surface area contributed by atoms with Gasteiger partial charge in [0.25, 0.3) is 0 Å². The normalized spacial score (nSPS) is 15.7. The number of rotatable bonds is 2. The molecule has 3 aromatic rings. The van der Waals surface area contributed by atoms with Crippen molar-refractivity contribution in [3.05, 3.63) is 58.4 Å². The lowest BCUT2D eigenvalue weighted by molar-refractivity contribution is 0.194. The van der Waals surface area contributed by atoms with Crippen LogP contribution in [0.15, 0.2) is 36.4 Å². The average Bonchev–Trinajstić information content (AvgIpc) is 2.94. The van der Waals surface area contributed by atoms with Gasteiger partial charge in [-0.15, -0.1) is 0 Å². The minimum absolute atomic E-state index is 0.554. The number of nitrogens with zero attached hydrogens (tertiary/aromatic N) is 2. The highest BCUT2D eigenvalue weighted by Gasteiger charge is 2.22. The van der Waals surface area contributed by atoms with E-state index in [1.165, 1.54) is 16.6 Å². The third kappa shape index (κ3) is 2.48. The first-order valence-electron chi connectivity index (χ1n) is 7.81. The van der Waals surface area contributed by atoms with Gasteiger partial charge in [-0.2, -0.15) is 0 Å². The summed E-state index contributed by atoms with van der Waals surface area (Å²) in [5.74, 6) is 0.908. The lowest BCUT2D eigenvalue weighted by atomic mass is 10.0. The number of fused-ring (bicyclic) bond motifs is 3. The van der Waals surface area contributed by atoms with Gasteiger partial charge in [-0.05, 0) is 25.1 Å². The van der Waals surface area contributed by atoms with Crippen molar-refractivity contribution in [2.24, 2.45) is 0 Å². The molecule has 1 atom stereocenters. The van der Waals surface area contributed by atoms with Crippen LogP contribution in [0.1, 0.15) is 30.0 Å². The van der Waals surface area contributed by atoms with E-state index in [1.807, 2.05) is 30.3 Å². The van der Waals surface area contributed by atoms with Crippen molar-refractivity contribution in [3.8, 4) is 0 Å². The molecule has 0 saturated heterocycles. The number of anilines is 1. The molecule has 0 bridgehead atoms. The number of H-pyrrole nitrogens is 1. The summed E-state index contributed by atoms with van der Waals surface area (Å²) in [6.07, 6.45) is 0.378. The molecular formula is C18H18ClN3O. The van der Waals surface area contributed by atoms with Crippen molar-refractivity contribution in [1.82, 2.24) is 9.97 Å². The Morgan fingerprint density at radius 2 is 2.09 bits per heavy atom. The van der Waals surface area contributed by atoms with Crippen LogP contribution >= 0.6 is 11.6 Å². The summed E-state index contributed by atoms with van der Waals surface area (Å²) >= 11 is 6.30. The maximum Gasteiger partial charge on any atom is 0.129 e. The largest absolute Gasteiger partial charge is 0.387 e. The third-order valence-electron chi connectivity index (χ3n) is 4.47. The number of aliphatic hydroxyl groups is 1. The lowest BCUT2D eigenvalue weighted by Gasteiger charge is -2.28. The van der Waals surface area contributed by atoms with Gasteiger partial charge in [-0.25, -0.2) is 4.98 Å². The van der Waals surface area contributed by atoms with Gasteiger partial charge in [-0.1, -0.05) is 29.8 Å². The Morgan fingerprint density at radius 1 is 1.26 bits per heavy atom. The number of hydrogen-bond acceptors (Lipinski definition) is 3. The molecule has 3 heterocycles. The summed E-state index contributed by atoms with van der Waals surface area (Å²) in [5, 5.41) is 11.7. The van der Waals surface area contributed by atoms with Gasteiger partial charge in [0.2, 0.25) is 0 Å². The van der Waals surface area contributed by atoms with Crippen LogP contribution in [0.5, 0.6) is 0 Å². The molecule has 2 N–H and O–H groups in total. The average molecular weight is 328 g/mol. The molecule has 23 heavy (non-hydrogen) atoms. The van der Waals surface area contributed by atoms with Crippen LogP contribution in [0.2, 0.25) is 5.02 Å². The Labute approximate surface area is 139 Å². The highest BCUT2D eigenvalue weighted by atomic mass is 35.5. The molecule has 4 nitrogen and oxygen atoms in total. The minimum atomic E-state index is -0.554. The van der Waals surface area contributed by atoms with Gasteiger partial charge in [0.05, 0.1) is 22.3 Å². The quantitative estimate of drug-likeness (QED) is 0.752. The van der Waals surface area contributed by atoms with Crippen LogP contribution in [0.3, 0.4) is 0 Å². The second-order valence-corrected chi connectivity index (χ2v) is 6.42. The van der Waals surface area contributed by atoms with E-state index in [1.54, 1.807) is 6.92 Å². The fourth-order valence-corrected chi connectivity index (χ4v) is 3.47. The fourth-order valence-electron chi connectivity index (χ4n) is 3.25. The molecule has 1 aliphatic heterocycles. The first-order chi connectivity index (χ1) is 11.1. The van der Waals surface area contributed by atoms with Gasteiger partial charge >= 0.3 is 0 Å². The number of aromatic amines is 1. The van der Waals surface area contributed by atoms with E-state index in [9.17, 15) is 5.11 Å². The maximum atomic E-state index is 9.74. The van der Waals surface area contributed by atoms with E-state index in [2.05, 4.69) is 20.9 Å². The van der Waals surface area contributed by atoms with Gasteiger partial charge in [0, 0.05) is 36.2 Å². The zero-order chi connectivity index (χ0) is 16.0. The van der Waals surface area contributed by atoms with E-state index in [0.29, 0.717) is 5.69 Å². The van der Waals surface area contributed by atoms with Gasteiger partial charge in [0.1, 0.15) is 5.82 Å². The van der Waals surface area contributed by atoms with Crippen LogP contribution in [0.4, 0.5) is 5.82 Å². The Kier molecular flexibility index (Phi) is 3.51. The SMILES string of the molecule is CC(O)c1cccc(N2CCc3[nH]c4c(Cl)cccc4c3C2)n1. The molecule has 0 radical (unpaired) electrons. The van der Waals surface area contributed by atoms with E-state index in [-0.39, 0.29) is 0 Å². The molecule has 1 aromatic carbocycles. The molecule has 0 spiro atoms. The van der Waals surface area contributed by atoms with Crippen LogP contribution < -0.4 is 4.90 Å². The van der Waals surface area contributed by atoms with Crippen molar-refractivity contribution in [3.63, 3.8) is 0 Å². The van der Waals surface area contributed by atoms with Crippen molar-refractivity contribution in [2.45, 2.75) is 26.0 Å². The second kappa shape index (κ2) is 5.55. The summed E-state index contributed by atoms with van der Waals surface area (Å²) in [7, 11) is 0. The first-order valence-corrected chi connectivity index (χ1v) is 8.19. The zero-order valence-corrected chi connectivity index (χ0v) is 13.6. The van der Waals surface area contributed by atoms with Crippen LogP contribution in [-0.2, 0) is 13.0 Å². The molecule has 0 amide bonds. The fraction of sp³-hybridized carbons (Fsp3) is 0.278. The summed E-state index contributed by atoms with van der Waals surface area (Å²) < 4.78 is 0. The molecular weight excluding hydrogens is 310 g/mol. The van der Waals surface area contributed by atoms with E-state index < -0.39 is 6.10 Å².